The fourth-order valence-corrected chi connectivity index (χ4v) is 6.80. The Hall–Kier alpha value is -5.62. The van der Waals surface area contributed by atoms with Crippen LogP contribution in [-0.4, -0.2) is 88.7 Å². The molecule has 2 N–H and O–H groups in total. The van der Waals surface area contributed by atoms with Crippen molar-refractivity contribution in [2.24, 2.45) is 0 Å². The highest BCUT2D eigenvalue weighted by Crippen LogP contribution is 2.34. The number of fused-ring (bicyclic) bond motifs is 2. The molecule has 2 aliphatic rings. The van der Waals surface area contributed by atoms with E-state index in [4.69, 9.17) is 21.3 Å². The number of nitrogens with zero attached hydrogens (tertiary/aromatic N) is 9. The first-order chi connectivity index (χ1) is 25.3. The smallest absolute Gasteiger partial charge is 0.416 e. The number of aromatic nitrogens is 7. The molecule has 276 valence electrons. The second-order valence-corrected chi connectivity index (χ2v) is 12.9. The summed E-state index contributed by atoms with van der Waals surface area (Å²) in [4.78, 5) is 61.5. The first-order valence-corrected chi connectivity index (χ1v) is 17.0. The quantitative estimate of drug-likeness (QED) is 0.249. The van der Waals surface area contributed by atoms with E-state index in [1.54, 1.807) is 28.8 Å². The van der Waals surface area contributed by atoms with Crippen LogP contribution in [0.15, 0.2) is 41.7 Å². The molecule has 0 bridgehead atoms. The molecule has 2 amide bonds. The fourth-order valence-electron chi connectivity index (χ4n) is 6.58. The molecular formula is C34H32ClF3N10O5. The Balaban J connectivity index is 1.27. The average Bonchev–Trinajstić information content (AvgIpc) is 3.60. The number of carbonyl (C=O) groups excluding carboxylic acids is 2. The predicted molar refractivity (Wildman–Crippen MR) is 185 cm³/mol. The van der Waals surface area contributed by atoms with Crippen LogP contribution in [0, 0.1) is 6.92 Å². The maximum atomic E-state index is 14.4. The second-order valence-electron chi connectivity index (χ2n) is 12.5. The van der Waals surface area contributed by atoms with Crippen molar-refractivity contribution in [3.8, 4) is 17.1 Å². The van der Waals surface area contributed by atoms with E-state index in [2.05, 4.69) is 25.4 Å². The van der Waals surface area contributed by atoms with Crippen molar-refractivity contribution in [3.05, 3.63) is 86.1 Å². The van der Waals surface area contributed by atoms with Crippen LogP contribution in [0.1, 0.15) is 45.5 Å². The van der Waals surface area contributed by atoms with Crippen LogP contribution in [-0.2, 0) is 41.7 Å². The fraction of sp³-hybridized carbons (Fsp3) is 0.353. The van der Waals surface area contributed by atoms with E-state index >= 15 is 0 Å². The molecule has 15 nitrogen and oxygen atoms in total. The maximum absolute atomic E-state index is 14.4. The van der Waals surface area contributed by atoms with Crippen molar-refractivity contribution >= 4 is 40.6 Å². The molecule has 2 aliphatic heterocycles. The second kappa shape index (κ2) is 14.1. The van der Waals surface area contributed by atoms with Crippen molar-refractivity contribution in [3.63, 3.8) is 0 Å². The lowest BCUT2D eigenvalue weighted by atomic mass is 10.00. The van der Waals surface area contributed by atoms with E-state index in [-0.39, 0.29) is 77.7 Å². The monoisotopic (exact) mass is 752 g/mol. The molecule has 0 aliphatic carbocycles. The molecule has 1 saturated heterocycles. The number of aryl methyl sites for hydroxylation is 1. The average molecular weight is 753 g/mol. The molecule has 4 aromatic heterocycles. The summed E-state index contributed by atoms with van der Waals surface area (Å²) in [7, 11) is 0. The molecule has 5 aromatic rings. The first kappa shape index (κ1) is 35.8. The summed E-state index contributed by atoms with van der Waals surface area (Å²) in [5.41, 5.74) is 1.73. The number of benzene rings is 1. The van der Waals surface area contributed by atoms with Gasteiger partial charge in [-0.05, 0) is 43.5 Å². The number of hydrogen-bond acceptors (Lipinski definition) is 11. The van der Waals surface area contributed by atoms with Crippen molar-refractivity contribution in [2.75, 3.05) is 43.0 Å². The van der Waals surface area contributed by atoms with Gasteiger partial charge in [0.15, 0.2) is 17.3 Å². The summed E-state index contributed by atoms with van der Waals surface area (Å²) in [6.07, 6.45) is 0.736. The van der Waals surface area contributed by atoms with Crippen LogP contribution in [0.3, 0.4) is 0 Å². The maximum Gasteiger partial charge on any atom is 0.416 e. The predicted octanol–water partition coefficient (Wildman–Crippen LogP) is 3.67. The van der Waals surface area contributed by atoms with Gasteiger partial charge >= 0.3 is 6.18 Å². The number of hydrogen-bond donors (Lipinski definition) is 2. The molecule has 1 fully saturated rings. The van der Waals surface area contributed by atoms with Gasteiger partial charge in [0, 0.05) is 49.7 Å². The van der Waals surface area contributed by atoms with Crippen LogP contribution in [0.25, 0.3) is 17.2 Å². The number of carbonyl (C=O) groups is 2. The van der Waals surface area contributed by atoms with Gasteiger partial charge in [-0.2, -0.15) is 22.7 Å². The van der Waals surface area contributed by atoms with Gasteiger partial charge in [0.25, 0.3) is 11.5 Å². The number of pyridine rings is 1. The first-order valence-electron chi connectivity index (χ1n) is 16.6. The summed E-state index contributed by atoms with van der Waals surface area (Å²) in [6, 6.07) is 2.62. The van der Waals surface area contributed by atoms with Crippen molar-refractivity contribution in [1.29, 1.82) is 0 Å². The SMILES string of the molecule is CCc1c(N2CCN(C(=O)c3ncnc(C)c3O)CC2)c(=O)n2nc(-c3cncc4c3CCOC4)nc2n1CC(=O)Nc1ccc(C(F)(F)F)cc1Cl. The van der Waals surface area contributed by atoms with Gasteiger partial charge in [-0.1, -0.05) is 18.5 Å². The van der Waals surface area contributed by atoms with E-state index in [0.717, 1.165) is 33.8 Å². The highest BCUT2D eigenvalue weighted by molar-refractivity contribution is 6.33. The molecule has 0 spiro atoms. The number of alkyl halides is 3. The summed E-state index contributed by atoms with van der Waals surface area (Å²) in [6.45, 7) is 4.60. The Labute approximate surface area is 304 Å². The summed E-state index contributed by atoms with van der Waals surface area (Å²) in [5, 5.41) is 17.3. The van der Waals surface area contributed by atoms with E-state index in [0.29, 0.717) is 30.9 Å². The molecule has 0 atom stereocenters. The summed E-state index contributed by atoms with van der Waals surface area (Å²) in [5.74, 6) is -1.16. The third-order valence-corrected chi connectivity index (χ3v) is 9.58. The lowest BCUT2D eigenvalue weighted by Gasteiger charge is -2.36. The molecule has 1 aromatic carbocycles. The zero-order valence-corrected chi connectivity index (χ0v) is 29.2. The number of amides is 2. The minimum Gasteiger partial charge on any atom is -0.504 e. The Morgan fingerprint density at radius 3 is 2.60 bits per heavy atom. The van der Waals surface area contributed by atoms with Crippen LogP contribution in [0.4, 0.5) is 24.5 Å². The lowest BCUT2D eigenvalue weighted by molar-refractivity contribution is -0.137. The van der Waals surface area contributed by atoms with Crippen LogP contribution in [0.5, 0.6) is 5.75 Å². The molecule has 0 unspecified atom stereocenters. The van der Waals surface area contributed by atoms with Crippen LogP contribution < -0.4 is 15.8 Å². The molecule has 0 radical (unpaired) electrons. The number of ether oxygens (including phenoxy) is 1. The minimum absolute atomic E-state index is 0.0305. The van der Waals surface area contributed by atoms with Crippen molar-refractivity contribution in [1.82, 2.24) is 39.0 Å². The molecule has 53 heavy (non-hydrogen) atoms. The van der Waals surface area contributed by atoms with E-state index in [9.17, 15) is 32.7 Å². The molecule has 0 saturated carbocycles. The zero-order chi connectivity index (χ0) is 37.6. The van der Waals surface area contributed by atoms with E-state index in [1.165, 1.54) is 11.2 Å². The number of nitrogens with one attached hydrogen (secondary N) is 1. The highest BCUT2D eigenvalue weighted by Gasteiger charge is 2.33. The normalized spacial score (nSPS) is 14.8. The number of rotatable bonds is 7. The van der Waals surface area contributed by atoms with Gasteiger partial charge in [-0.25, -0.2) is 9.97 Å². The van der Waals surface area contributed by atoms with E-state index in [1.807, 2.05) is 6.92 Å². The number of halogens is 4. The van der Waals surface area contributed by atoms with Crippen LogP contribution >= 0.6 is 11.6 Å². The number of anilines is 2. The molecule has 7 rings (SSSR count). The van der Waals surface area contributed by atoms with Gasteiger partial charge in [0.05, 0.1) is 40.9 Å². The van der Waals surface area contributed by atoms with Gasteiger partial charge in [-0.3, -0.25) is 19.4 Å². The minimum atomic E-state index is -4.62. The molecule has 19 heteroatoms. The topological polar surface area (TPSA) is 173 Å². The largest absolute Gasteiger partial charge is 0.504 e. The van der Waals surface area contributed by atoms with Gasteiger partial charge in [0.2, 0.25) is 11.7 Å². The molecular weight excluding hydrogens is 721 g/mol. The summed E-state index contributed by atoms with van der Waals surface area (Å²) >= 11 is 6.14. The highest BCUT2D eigenvalue weighted by atomic mass is 35.5. The number of aromatic hydroxyl groups is 1. The Kier molecular flexibility index (Phi) is 9.50. The Morgan fingerprint density at radius 1 is 1.11 bits per heavy atom. The molecule has 6 heterocycles. The Bertz CT molecular complexity index is 2320. The third-order valence-electron chi connectivity index (χ3n) is 9.27. The standard InChI is InChI=1S/C34H32ClF3N10O5/c1-3-25-28(45-7-9-46(10-8-45)31(51)27-29(50)18(2)40-17-41-27)32(52)48-33(43-30(44-48)22-14-39-13-19-16-53-11-6-21(19)22)47(25)15-26(49)42-24-5-4-20(12-23(24)35)34(36,37)38/h4-5,12-14,17,50H,3,6-11,15-16H2,1-2H3,(H,42,49). The van der Waals surface area contributed by atoms with Gasteiger partial charge in [-0.15, -0.1) is 5.10 Å². The van der Waals surface area contributed by atoms with Crippen LogP contribution in [0.2, 0.25) is 5.02 Å². The van der Waals surface area contributed by atoms with Gasteiger partial charge < -0.3 is 29.5 Å². The van der Waals surface area contributed by atoms with Crippen molar-refractivity contribution in [2.45, 2.75) is 46.0 Å². The number of piperazine rings is 1. The zero-order valence-electron chi connectivity index (χ0n) is 28.4. The Morgan fingerprint density at radius 2 is 1.89 bits per heavy atom. The summed E-state index contributed by atoms with van der Waals surface area (Å²) < 4.78 is 48.0. The van der Waals surface area contributed by atoms with E-state index < -0.39 is 35.7 Å². The lowest BCUT2D eigenvalue weighted by Crippen LogP contribution is -2.51. The van der Waals surface area contributed by atoms with Crippen molar-refractivity contribution < 1.29 is 32.6 Å². The third kappa shape index (κ3) is 6.74. The van der Waals surface area contributed by atoms with Gasteiger partial charge in [0.1, 0.15) is 18.6 Å².